The van der Waals surface area contributed by atoms with Crippen molar-refractivity contribution in [3.05, 3.63) is 24.3 Å². The predicted octanol–water partition coefficient (Wildman–Crippen LogP) is 0.489. The summed E-state index contributed by atoms with van der Waals surface area (Å²) in [6, 6.07) is 0.862. The quantitative estimate of drug-likeness (QED) is 0.731. The molecule has 1 unspecified atom stereocenters. The highest BCUT2D eigenvalue weighted by molar-refractivity contribution is 5.01. The smallest absolute Gasteiger partial charge is 0.0753 e. The second kappa shape index (κ2) is 4.48. The van der Waals surface area contributed by atoms with Gasteiger partial charge in [-0.2, -0.15) is 0 Å². The van der Waals surface area contributed by atoms with Crippen LogP contribution < -0.4 is 10.6 Å². The van der Waals surface area contributed by atoms with Crippen molar-refractivity contribution in [1.29, 1.82) is 0 Å². The van der Waals surface area contributed by atoms with Crippen molar-refractivity contribution in [2.45, 2.75) is 25.4 Å². The van der Waals surface area contributed by atoms with E-state index in [1.165, 1.54) is 6.42 Å². The molecule has 2 heterocycles. The topological polar surface area (TPSA) is 49.8 Å². The van der Waals surface area contributed by atoms with Gasteiger partial charge in [0.05, 0.1) is 5.69 Å². The Morgan fingerprint density at radius 2 is 2.50 bits per heavy atom. The van der Waals surface area contributed by atoms with Gasteiger partial charge in [-0.3, -0.25) is 9.97 Å². The first kappa shape index (κ1) is 9.55. The summed E-state index contributed by atoms with van der Waals surface area (Å²) in [6.07, 6.45) is 6.46. The number of nitrogens with one attached hydrogen (secondary N) is 2. The lowest BCUT2D eigenvalue weighted by molar-refractivity contribution is 0.470. The largest absolute Gasteiger partial charge is 0.315 e. The van der Waals surface area contributed by atoms with Gasteiger partial charge in [-0.25, -0.2) is 0 Å². The number of rotatable bonds is 3. The number of aromatic nitrogens is 2. The molecule has 1 aromatic rings. The zero-order valence-electron chi connectivity index (χ0n) is 8.40. The van der Waals surface area contributed by atoms with Crippen LogP contribution in [-0.2, 0) is 0 Å². The van der Waals surface area contributed by atoms with Crippen LogP contribution in [0.1, 0.15) is 25.1 Å². The van der Waals surface area contributed by atoms with Gasteiger partial charge < -0.3 is 10.6 Å². The Kier molecular flexibility index (Phi) is 3.06. The highest BCUT2D eigenvalue weighted by Crippen LogP contribution is 2.10. The lowest BCUT2D eigenvalue weighted by Gasteiger charge is -2.17. The average Bonchev–Trinajstić information content (AvgIpc) is 2.72. The molecule has 0 saturated carbocycles. The summed E-state index contributed by atoms with van der Waals surface area (Å²) < 4.78 is 0. The SMILES string of the molecule is CC(N[C@@H]1CCNC1)c1cnccn1. The predicted molar refractivity (Wildman–Crippen MR) is 54.9 cm³/mol. The molecule has 0 bridgehead atoms. The van der Waals surface area contributed by atoms with Crippen LogP contribution >= 0.6 is 0 Å². The van der Waals surface area contributed by atoms with Crippen molar-refractivity contribution in [2.75, 3.05) is 13.1 Å². The van der Waals surface area contributed by atoms with E-state index in [1.54, 1.807) is 12.4 Å². The van der Waals surface area contributed by atoms with Gasteiger partial charge in [-0.15, -0.1) is 0 Å². The zero-order chi connectivity index (χ0) is 9.80. The lowest BCUT2D eigenvalue weighted by atomic mass is 10.2. The first-order valence-corrected chi connectivity index (χ1v) is 5.09. The zero-order valence-corrected chi connectivity index (χ0v) is 8.40. The molecular weight excluding hydrogens is 176 g/mol. The first-order valence-electron chi connectivity index (χ1n) is 5.09. The second-order valence-electron chi connectivity index (χ2n) is 3.71. The maximum Gasteiger partial charge on any atom is 0.0753 e. The van der Waals surface area contributed by atoms with Crippen LogP contribution in [0.3, 0.4) is 0 Å². The molecule has 0 amide bonds. The van der Waals surface area contributed by atoms with Crippen molar-refractivity contribution >= 4 is 0 Å². The van der Waals surface area contributed by atoms with E-state index in [0.717, 1.165) is 18.8 Å². The summed E-state index contributed by atoms with van der Waals surface area (Å²) in [4.78, 5) is 8.34. The van der Waals surface area contributed by atoms with Crippen LogP contribution in [-0.4, -0.2) is 29.1 Å². The van der Waals surface area contributed by atoms with Gasteiger partial charge in [-0.1, -0.05) is 0 Å². The van der Waals surface area contributed by atoms with Crippen molar-refractivity contribution < 1.29 is 0 Å². The fourth-order valence-corrected chi connectivity index (χ4v) is 1.77. The third-order valence-corrected chi connectivity index (χ3v) is 2.57. The molecule has 1 fully saturated rings. The Labute approximate surface area is 84.2 Å². The molecule has 2 rings (SSSR count). The third kappa shape index (κ3) is 2.27. The molecule has 4 heteroatoms. The molecule has 0 spiro atoms. The molecule has 1 aliphatic rings. The van der Waals surface area contributed by atoms with E-state index in [9.17, 15) is 0 Å². The van der Waals surface area contributed by atoms with Crippen molar-refractivity contribution in [2.24, 2.45) is 0 Å². The Morgan fingerprint density at radius 1 is 1.57 bits per heavy atom. The van der Waals surface area contributed by atoms with Crippen molar-refractivity contribution in [3.63, 3.8) is 0 Å². The number of hydrogen-bond acceptors (Lipinski definition) is 4. The maximum absolute atomic E-state index is 4.28. The van der Waals surface area contributed by atoms with Gasteiger partial charge in [0, 0.05) is 37.2 Å². The molecule has 76 valence electrons. The van der Waals surface area contributed by atoms with Gasteiger partial charge >= 0.3 is 0 Å². The monoisotopic (exact) mass is 192 g/mol. The Bertz CT molecular complexity index is 269. The van der Waals surface area contributed by atoms with Crippen molar-refractivity contribution in [1.82, 2.24) is 20.6 Å². The van der Waals surface area contributed by atoms with Gasteiger partial charge in [0.25, 0.3) is 0 Å². The number of hydrogen-bond donors (Lipinski definition) is 2. The normalized spacial score (nSPS) is 23.6. The van der Waals surface area contributed by atoms with E-state index in [2.05, 4.69) is 27.5 Å². The van der Waals surface area contributed by atoms with Crippen molar-refractivity contribution in [3.8, 4) is 0 Å². The van der Waals surface area contributed by atoms with Gasteiger partial charge in [0.1, 0.15) is 0 Å². The average molecular weight is 192 g/mol. The summed E-state index contributed by atoms with van der Waals surface area (Å²) in [5, 5.41) is 6.86. The molecule has 1 saturated heterocycles. The van der Waals surface area contributed by atoms with Crippen LogP contribution in [0.15, 0.2) is 18.6 Å². The Balaban J connectivity index is 1.92. The first-order chi connectivity index (χ1) is 6.86. The molecule has 14 heavy (non-hydrogen) atoms. The van der Waals surface area contributed by atoms with E-state index in [1.807, 2.05) is 6.20 Å². The minimum absolute atomic E-state index is 0.286. The summed E-state index contributed by atoms with van der Waals surface area (Å²) in [5.74, 6) is 0. The summed E-state index contributed by atoms with van der Waals surface area (Å²) in [7, 11) is 0. The highest BCUT2D eigenvalue weighted by atomic mass is 15.1. The molecule has 4 nitrogen and oxygen atoms in total. The lowest BCUT2D eigenvalue weighted by Crippen LogP contribution is -2.33. The van der Waals surface area contributed by atoms with Gasteiger partial charge in [0.2, 0.25) is 0 Å². The summed E-state index contributed by atoms with van der Waals surface area (Å²) in [5.41, 5.74) is 1.01. The van der Waals surface area contributed by atoms with E-state index in [-0.39, 0.29) is 6.04 Å². The Morgan fingerprint density at radius 3 is 3.14 bits per heavy atom. The standard InChI is InChI=1S/C10H16N4/c1-8(10-7-12-4-5-13-10)14-9-2-3-11-6-9/h4-5,7-9,11,14H,2-3,6H2,1H3/t8?,9-/m1/s1. The second-order valence-corrected chi connectivity index (χ2v) is 3.71. The van der Waals surface area contributed by atoms with E-state index in [4.69, 9.17) is 0 Å². The fourth-order valence-electron chi connectivity index (χ4n) is 1.77. The van der Waals surface area contributed by atoms with Crippen LogP contribution in [0.4, 0.5) is 0 Å². The summed E-state index contributed by atoms with van der Waals surface area (Å²) in [6.45, 7) is 4.30. The van der Waals surface area contributed by atoms with E-state index in [0.29, 0.717) is 6.04 Å². The molecular formula is C10H16N4. The minimum Gasteiger partial charge on any atom is -0.315 e. The summed E-state index contributed by atoms with van der Waals surface area (Å²) >= 11 is 0. The minimum atomic E-state index is 0.286. The van der Waals surface area contributed by atoms with Crippen LogP contribution in [0.25, 0.3) is 0 Å². The van der Waals surface area contributed by atoms with Crippen LogP contribution in [0.5, 0.6) is 0 Å². The molecule has 2 atom stereocenters. The Hall–Kier alpha value is -1.00. The fraction of sp³-hybridized carbons (Fsp3) is 0.600. The van der Waals surface area contributed by atoms with E-state index < -0.39 is 0 Å². The molecule has 0 radical (unpaired) electrons. The molecule has 2 N–H and O–H groups in total. The molecule has 0 aromatic carbocycles. The van der Waals surface area contributed by atoms with Crippen LogP contribution in [0.2, 0.25) is 0 Å². The van der Waals surface area contributed by atoms with E-state index >= 15 is 0 Å². The molecule has 1 aromatic heterocycles. The highest BCUT2D eigenvalue weighted by Gasteiger charge is 2.17. The van der Waals surface area contributed by atoms with Gasteiger partial charge in [0.15, 0.2) is 0 Å². The van der Waals surface area contributed by atoms with Gasteiger partial charge in [-0.05, 0) is 19.9 Å². The van der Waals surface area contributed by atoms with Crippen LogP contribution in [0, 0.1) is 0 Å². The number of nitrogens with zero attached hydrogens (tertiary/aromatic N) is 2. The molecule has 1 aliphatic heterocycles. The molecule has 0 aliphatic carbocycles. The maximum atomic E-state index is 4.28. The third-order valence-electron chi connectivity index (χ3n) is 2.57.